The molecule has 6 heteroatoms. The first-order valence-electron chi connectivity index (χ1n) is 8.45. The van der Waals surface area contributed by atoms with Crippen LogP contribution in [0.15, 0.2) is 4.52 Å². The Hall–Kier alpha value is -1.43. The van der Waals surface area contributed by atoms with Gasteiger partial charge in [0.2, 0.25) is 11.8 Å². The molecule has 2 heterocycles. The molecule has 3 atom stereocenters. The van der Waals surface area contributed by atoms with Crippen LogP contribution in [-0.2, 0) is 11.2 Å². The highest BCUT2D eigenvalue weighted by Gasteiger charge is 2.32. The van der Waals surface area contributed by atoms with Crippen molar-refractivity contribution in [2.75, 3.05) is 13.1 Å². The molecule has 1 saturated carbocycles. The van der Waals surface area contributed by atoms with Gasteiger partial charge in [0.15, 0.2) is 5.82 Å². The number of likely N-dealkylation sites (tertiary alicyclic amines) is 1. The van der Waals surface area contributed by atoms with Crippen molar-refractivity contribution in [3.8, 4) is 0 Å². The second-order valence-electron chi connectivity index (χ2n) is 6.85. The highest BCUT2D eigenvalue weighted by Crippen LogP contribution is 2.28. The molecule has 0 unspecified atom stereocenters. The molecule has 2 fully saturated rings. The third kappa shape index (κ3) is 3.66. The molecule has 0 aromatic carbocycles. The van der Waals surface area contributed by atoms with E-state index in [0.717, 1.165) is 63.9 Å². The Morgan fingerprint density at radius 2 is 2.23 bits per heavy atom. The summed E-state index contributed by atoms with van der Waals surface area (Å²) in [5.74, 6) is 2.25. The lowest BCUT2D eigenvalue weighted by Crippen LogP contribution is -2.45. The summed E-state index contributed by atoms with van der Waals surface area (Å²) in [5.41, 5.74) is 6.03. The van der Waals surface area contributed by atoms with Crippen LogP contribution in [0.25, 0.3) is 0 Å². The van der Waals surface area contributed by atoms with E-state index in [4.69, 9.17) is 10.3 Å². The Labute approximate surface area is 131 Å². The highest BCUT2D eigenvalue weighted by molar-refractivity contribution is 5.79. The van der Waals surface area contributed by atoms with Gasteiger partial charge in [-0.05, 0) is 38.0 Å². The fraction of sp³-hybridized carbons (Fsp3) is 0.812. The number of piperidine rings is 1. The van der Waals surface area contributed by atoms with E-state index >= 15 is 0 Å². The van der Waals surface area contributed by atoms with Gasteiger partial charge in [0, 0.05) is 38.4 Å². The molecule has 1 saturated heterocycles. The molecule has 2 N–H and O–H groups in total. The number of aryl methyl sites for hydroxylation is 1. The molecule has 3 rings (SSSR count). The number of amides is 1. The molecule has 1 aromatic rings. The average Bonchev–Trinajstić information content (AvgIpc) is 2.92. The minimum atomic E-state index is 0.134. The van der Waals surface area contributed by atoms with E-state index in [-0.39, 0.29) is 12.0 Å². The molecule has 1 aromatic heterocycles. The van der Waals surface area contributed by atoms with Gasteiger partial charge < -0.3 is 15.2 Å². The van der Waals surface area contributed by atoms with Crippen molar-refractivity contribution in [3.63, 3.8) is 0 Å². The molecule has 1 amide bonds. The van der Waals surface area contributed by atoms with E-state index < -0.39 is 0 Å². The maximum absolute atomic E-state index is 12.7. The van der Waals surface area contributed by atoms with E-state index in [0.29, 0.717) is 17.7 Å². The lowest BCUT2D eigenvalue weighted by Gasteiger charge is -2.36. The zero-order valence-corrected chi connectivity index (χ0v) is 13.3. The fourth-order valence-corrected chi connectivity index (χ4v) is 3.82. The third-order valence-corrected chi connectivity index (χ3v) is 4.94. The van der Waals surface area contributed by atoms with Crippen LogP contribution in [0.2, 0.25) is 0 Å². The Balaban J connectivity index is 1.56. The SMILES string of the molecule is Cc1nc(C[C@@H]2CCCN(C(=O)[C@@H]3CCC[C@@H](N)C3)C2)no1. The van der Waals surface area contributed by atoms with Crippen molar-refractivity contribution < 1.29 is 9.32 Å². The Kier molecular flexibility index (Phi) is 4.76. The lowest BCUT2D eigenvalue weighted by atomic mass is 9.84. The van der Waals surface area contributed by atoms with Crippen molar-refractivity contribution in [1.82, 2.24) is 15.0 Å². The largest absolute Gasteiger partial charge is 0.342 e. The van der Waals surface area contributed by atoms with Crippen molar-refractivity contribution >= 4 is 5.91 Å². The van der Waals surface area contributed by atoms with E-state index in [1.54, 1.807) is 6.92 Å². The van der Waals surface area contributed by atoms with Gasteiger partial charge in [0.05, 0.1) is 0 Å². The number of nitrogens with zero attached hydrogens (tertiary/aromatic N) is 3. The third-order valence-electron chi connectivity index (χ3n) is 4.94. The predicted molar refractivity (Wildman–Crippen MR) is 82.0 cm³/mol. The molecule has 1 aliphatic heterocycles. The van der Waals surface area contributed by atoms with Gasteiger partial charge >= 0.3 is 0 Å². The minimum absolute atomic E-state index is 0.134. The number of carbonyl (C=O) groups is 1. The van der Waals surface area contributed by atoms with Crippen molar-refractivity contribution in [2.24, 2.45) is 17.6 Å². The van der Waals surface area contributed by atoms with Crippen LogP contribution < -0.4 is 5.73 Å². The van der Waals surface area contributed by atoms with Gasteiger partial charge in [-0.25, -0.2) is 0 Å². The summed E-state index contributed by atoms with van der Waals surface area (Å²) in [7, 11) is 0. The average molecular weight is 306 g/mol. The van der Waals surface area contributed by atoms with Gasteiger partial charge in [0.1, 0.15) is 0 Å². The second-order valence-corrected chi connectivity index (χ2v) is 6.85. The van der Waals surface area contributed by atoms with Crippen LogP contribution in [0.4, 0.5) is 0 Å². The minimum Gasteiger partial charge on any atom is -0.342 e. The van der Waals surface area contributed by atoms with Gasteiger partial charge in [-0.15, -0.1) is 0 Å². The molecule has 122 valence electrons. The van der Waals surface area contributed by atoms with E-state index in [1.165, 1.54) is 0 Å². The first kappa shape index (κ1) is 15.5. The molecular formula is C16H26N4O2. The van der Waals surface area contributed by atoms with Gasteiger partial charge in [-0.2, -0.15) is 4.98 Å². The summed E-state index contributed by atoms with van der Waals surface area (Å²) in [4.78, 5) is 19.0. The number of hydrogen-bond donors (Lipinski definition) is 1. The zero-order valence-electron chi connectivity index (χ0n) is 13.3. The van der Waals surface area contributed by atoms with Crippen LogP contribution >= 0.6 is 0 Å². The molecule has 0 bridgehead atoms. The molecule has 0 spiro atoms. The predicted octanol–water partition coefficient (Wildman–Crippen LogP) is 1.68. The van der Waals surface area contributed by atoms with Crippen molar-refractivity contribution in [3.05, 3.63) is 11.7 Å². The Morgan fingerprint density at radius 3 is 2.95 bits per heavy atom. The van der Waals surface area contributed by atoms with Crippen LogP contribution in [0.3, 0.4) is 0 Å². The fourth-order valence-electron chi connectivity index (χ4n) is 3.82. The first-order chi connectivity index (χ1) is 10.6. The normalized spacial score (nSPS) is 29.5. The van der Waals surface area contributed by atoms with Crippen LogP contribution in [0, 0.1) is 18.8 Å². The Bertz CT molecular complexity index is 516. The van der Waals surface area contributed by atoms with E-state index in [1.807, 2.05) is 4.90 Å². The second kappa shape index (κ2) is 6.77. The van der Waals surface area contributed by atoms with Crippen LogP contribution in [0.5, 0.6) is 0 Å². The number of hydrogen-bond acceptors (Lipinski definition) is 5. The van der Waals surface area contributed by atoms with Gasteiger partial charge in [-0.3, -0.25) is 4.79 Å². The maximum atomic E-state index is 12.7. The molecule has 2 aliphatic rings. The molecule has 6 nitrogen and oxygen atoms in total. The summed E-state index contributed by atoms with van der Waals surface area (Å²) in [6.07, 6.45) is 6.97. The topological polar surface area (TPSA) is 85.2 Å². The van der Waals surface area contributed by atoms with Crippen LogP contribution in [-0.4, -0.2) is 40.1 Å². The highest BCUT2D eigenvalue weighted by atomic mass is 16.5. The van der Waals surface area contributed by atoms with Crippen LogP contribution in [0.1, 0.15) is 50.2 Å². The van der Waals surface area contributed by atoms with Gasteiger partial charge in [-0.1, -0.05) is 11.6 Å². The smallest absolute Gasteiger partial charge is 0.225 e. The van der Waals surface area contributed by atoms with Gasteiger partial charge in [0.25, 0.3) is 0 Å². The quantitative estimate of drug-likeness (QED) is 0.918. The zero-order chi connectivity index (χ0) is 15.5. The van der Waals surface area contributed by atoms with E-state index in [2.05, 4.69) is 10.1 Å². The molecular weight excluding hydrogens is 280 g/mol. The van der Waals surface area contributed by atoms with E-state index in [9.17, 15) is 4.79 Å². The summed E-state index contributed by atoms with van der Waals surface area (Å²) in [6.45, 7) is 3.50. The number of carbonyl (C=O) groups excluding carboxylic acids is 1. The number of aromatic nitrogens is 2. The lowest BCUT2D eigenvalue weighted by molar-refractivity contribution is -0.138. The number of nitrogens with two attached hydrogens (primary N) is 1. The summed E-state index contributed by atoms with van der Waals surface area (Å²) < 4.78 is 5.03. The monoisotopic (exact) mass is 306 g/mol. The Morgan fingerprint density at radius 1 is 1.36 bits per heavy atom. The molecule has 22 heavy (non-hydrogen) atoms. The maximum Gasteiger partial charge on any atom is 0.225 e. The first-order valence-corrected chi connectivity index (χ1v) is 8.45. The molecule has 0 radical (unpaired) electrons. The van der Waals surface area contributed by atoms with Crippen molar-refractivity contribution in [1.29, 1.82) is 0 Å². The van der Waals surface area contributed by atoms with Crippen molar-refractivity contribution in [2.45, 2.75) is 57.9 Å². The number of rotatable bonds is 3. The summed E-state index contributed by atoms with van der Waals surface area (Å²) in [5, 5.41) is 3.97. The summed E-state index contributed by atoms with van der Waals surface area (Å²) >= 11 is 0. The summed E-state index contributed by atoms with van der Waals surface area (Å²) in [6, 6.07) is 0.200. The molecule has 1 aliphatic carbocycles. The standard InChI is InChI=1S/C16H26N4O2/c1-11-18-15(19-22-11)8-12-4-3-7-20(10-12)16(21)13-5-2-6-14(17)9-13/h12-14H,2-10,17H2,1H3/t12-,13+,14+/m0/s1.